The molecule has 0 saturated heterocycles. The van der Waals surface area contributed by atoms with Crippen molar-refractivity contribution in [3.63, 3.8) is 0 Å². The number of rotatable bonds is 4. The summed E-state index contributed by atoms with van der Waals surface area (Å²) in [7, 11) is 0. The van der Waals surface area contributed by atoms with Gasteiger partial charge in [0, 0.05) is 6.07 Å². The fraction of sp³-hybridized carbons (Fsp3) is 0.176. The zero-order valence-corrected chi connectivity index (χ0v) is 13.6. The molecule has 6 nitrogen and oxygen atoms in total. The van der Waals surface area contributed by atoms with Gasteiger partial charge in [0.1, 0.15) is 23.0 Å². The summed E-state index contributed by atoms with van der Waals surface area (Å²) in [4.78, 5) is 20.0. The topological polar surface area (TPSA) is 72.7 Å². The van der Waals surface area contributed by atoms with Crippen LogP contribution in [-0.4, -0.2) is 25.7 Å². The molecule has 3 aromatic rings. The van der Waals surface area contributed by atoms with E-state index in [4.69, 9.17) is 0 Å². The molecule has 0 aliphatic rings. The molecule has 0 radical (unpaired) electrons. The van der Waals surface area contributed by atoms with Crippen LogP contribution in [-0.2, 0) is 0 Å². The first-order valence-corrected chi connectivity index (χ1v) is 7.51. The molecule has 128 valence electrons. The standard InChI is InChI=1S/C17H15F2N5O/c1-10-8-15(24(23-10)12-6-4-3-5-7-12)22-17(25)14-9-13(16(18)19)20-11(2)21-14/h3-9,16H,1-2H3,(H,22,25). The Hall–Kier alpha value is -3.16. The van der Waals surface area contributed by atoms with Gasteiger partial charge in [-0.3, -0.25) is 4.79 Å². The van der Waals surface area contributed by atoms with Crippen LogP contribution < -0.4 is 5.32 Å². The first kappa shape index (κ1) is 16.7. The summed E-state index contributed by atoms with van der Waals surface area (Å²) in [5.41, 5.74) is 0.857. The maximum Gasteiger partial charge on any atom is 0.280 e. The van der Waals surface area contributed by atoms with Gasteiger partial charge >= 0.3 is 0 Å². The number of benzene rings is 1. The highest BCUT2D eigenvalue weighted by atomic mass is 19.3. The molecule has 0 unspecified atom stereocenters. The van der Waals surface area contributed by atoms with Crippen molar-refractivity contribution in [2.75, 3.05) is 5.32 Å². The van der Waals surface area contributed by atoms with E-state index in [0.29, 0.717) is 11.5 Å². The molecule has 0 aliphatic heterocycles. The van der Waals surface area contributed by atoms with Gasteiger partial charge in [0.05, 0.1) is 11.4 Å². The maximum atomic E-state index is 12.9. The number of hydrogen-bond donors (Lipinski definition) is 1. The van der Waals surface area contributed by atoms with E-state index in [1.54, 1.807) is 17.7 Å². The molecule has 1 N–H and O–H groups in total. The first-order chi connectivity index (χ1) is 11.9. The fourth-order valence-electron chi connectivity index (χ4n) is 2.35. The van der Waals surface area contributed by atoms with Crippen molar-refractivity contribution in [2.45, 2.75) is 20.3 Å². The molecule has 2 aromatic heterocycles. The van der Waals surface area contributed by atoms with Crippen LogP contribution in [0.4, 0.5) is 14.6 Å². The molecule has 8 heteroatoms. The van der Waals surface area contributed by atoms with E-state index in [2.05, 4.69) is 20.4 Å². The van der Waals surface area contributed by atoms with Crippen molar-refractivity contribution >= 4 is 11.7 Å². The molecule has 25 heavy (non-hydrogen) atoms. The lowest BCUT2D eigenvalue weighted by molar-refractivity contribution is 0.102. The third-order valence-corrected chi connectivity index (χ3v) is 3.39. The lowest BCUT2D eigenvalue weighted by Gasteiger charge is -2.09. The number of carbonyl (C=O) groups excluding carboxylic acids is 1. The largest absolute Gasteiger partial charge is 0.305 e. The van der Waals surface area contributed by atoms with Crippen LogP contribution in [0.2, 0.25) is 0 Å². The van der Waals surface area contributed by atoms with E-state index >= 15 is 0 Å². The number of carbonyl (C=O) groups is 1. The molecule has 0 saturated carbocycles. The van der Waals surface area contributed by atoms with Crippen molar-refractivity contribution in [1.29, 1.82) is 0 Å². The molecule has 1 aromatic carbocycles. The Morgan fingerprint density at radius 2 is 1.84 bits per heavy atom. The highest BCUT2D eigenvalue weighted by molar-refractivity contribution is 6.02. The highest BCUT2D eigenvalue weighted by Crippen LogP contribution is 2.20. The van der Waals surface area contributed by atoms with Crippen molar-refractivity contribution in [3.05, 3.63) is 65.4 Å². The average molecular weight is 343 g/mol. The summed E-state index contributed by atoms with van der Waals surface area (Å²) in [6.45, 7) is 3.25. The third-order valence-electron chi connectivity index (χ3n) is 3.39. The van der Waals surface area contributed by atoms with Crippen LogP contribution in [0.15, 0.2) is 42.5 Å². The first-order valence-electron chi connectivity index (χ1n) is 7.51. The van der Waals surface area contributed by atoms with Crippen molar-refractivity contribution < 1.29 is 13.6 Å². The Morgan fingerprint density at radius 3 is 2.52 bits per heavy atom. The quantitative estimate of drug-likeness (QED) is 0.787. The average Bonchev–Trinajstić information content (AvgIpc) is 2.95. The summed E-state index contributed by atoms with van der Waals surface area (Å²) in [5.74, 6) is -0.0799. The predicted octanol–water partition coefficient (Wildman–Crippen LogP) is 3.47. The molecular formula is C17H15F2N5O. The van der Waals surface area contributed by atoms with Crippen molar-refractivity contribution in [3.8, 4) is 5.69 Å². The predicted molar refractivity (Wildman–Crippen MR) is 88.0 cm³/mol. The van der Waals surface area contributed by atoms with E-state index in [1.165, 1.54) is 6.92 Å². The number of halogens is 2. The molecule has 0 bridgehead atoms. The SMILES string of the molecule is Cc1cc(NC(=O)c2cc(C(F)F)nc(C)n2)n(-c2ccccc2)n1. The second kappa shape index (κ2) is 6.76. The van der Waals surface area contributed by atoms with Crippen molar-refractivity contribution in [2.24, 2.45) is 0 Å². The Labute approximate surface area is 142 Å². The summed E-state index contributed by atoms with van der Waals surface area (Å²) >= 11 is 0. The summed E-state index contributed by atoms with van der Waals surface area (Å²) < 4.78 is 27.3. The highest BCUT2D eigenvalue weighted by Gasteiger charge is 2.18. The second-order valence-corrected chi connectivity index (χ2v) is 5.40. The number of alkyl halides is 2. The molecule has 0 aliphatic carbocycles. The normalized spacial score (nSPS) is 10.9. The van der Waals surface area contributed by atoms with Crippen molar-refractivity contribution in [1.82, 2.24) is 19.7 Å². The Kier molecular flexibility index (Phi) is 4.51. The Balaban J connectivity index is 1.92. The number of amides is 1. The molecule has 0 atom stereocenters. The zero-order valence-electron chi connectivity index (χ0n) is 13.6. The number of nitrogens with one attached hydrogen (secondary N) is 1. The van der Waals surface area contributed by atoms with Crippen LogP contribution in [0.25, 0.3) is 5.69 Å². The van der Waals surface area contributed by atoms with Gasteiger partial charge in [-0.25, -0.2) is 23.4 Å². The summed E-state index contributed by atoms with van der Waals surface area (Å²) in [6, 6.07) is 11.9. The van der Waals surface area contributed by atoms with Crippen LogP contribution in [0.3, 0.4) is 0 Å². The monoisotopic (exact) mass is 343 g/mol. The number of nitrogens with zero attached hydrogens (tertiary/aromatic N) is 4. The number of para-hydroxylation sites is 1. The van der Waals surface area contributed by atoms with Gasteiger partial charge < -0.3 is 5.32 Å². The zero-order chi connectivity index (χ0) is 18.0. The molecular weight excluding hydrogens is 328 g/mol. The van der Waals surface area contributed by atoms with Crippen LogP contribution in [0.1, 0.15) is 34.1 Å². The second-order valence-electron chi connectivity index (χ2n) is 5.40. The fourth-order valence-corrected chi connectivity index (χ4v) is 2.35. The van der Waals surface area contributed by atoms with Gasteiger partial charge in [-0.15, -0.1) is 0 Å². The van der Waals surface area contributed by atoms with E-state index in [-0.39, 0.29) is 11.5 Å². The smallest absolute Gasteiger partial charge is 0.280 e. The van der Waals surface area contributed by atoms with Gasteiger partial charge in [0.2, 0.25) is 0 Å². The number of hydrogen-bond acceptors (Lipinski definition) is 4. The molecule has 3 rings (SSSR count). The lowest BCUT2D eigenvalue weighted by Crippen LogP contribution is -2.18. The van der Waals surface area contributed by atoms with E-state index in [0.717, 1.165) is 11.8 Å². The number of anilines is 1. The van der Waals surface area contributed by atoms with Crippen LogP contribution in [0.5, 0.6) is 0 Å². The van der Waals surface area contributed by atoms with Gasteiger partial charge in [0.15, 0.2) is 0 Å². The van der Waals surface area contributed by atoms with Crippen LogP contribution in [0, 0.1) is 13.8 Å². The Bertz CT molecular complexity index is 909. The Morgan fingerprint density at radius 1 is 1.12 bits per heavy atom. The molecule has 0 spiro atoms. The van der Waals surface area contributed by atoms with Gasteiger partial charge in [0.25, 0.3) is 12.3 Å². The number of aromatic nitrogens is 4. The summed E-state index contributed by atoms with van der Waals surface area (Å²) in [5, 5.41) is 7.01. The minimum absolute atomic E-state index is 0.107. The molecule has 2 heterocycles. The van der Waals surface area contributed by atoms with Crippen LogP contribution >= 0.6 is 0 Å². The van der Waals surface area contributed by atoms with Gasteiger partial charge in [-0.05, 0) is 32.0 Å². The minimum Gasteiger partial charge on any atom is -0.305 e. The molecule has 0 fully saturated rings. The van der Waals surface area contributed by atoms with E-state index in [1.807, 2.05) is 30.3 Å². The lowest BCUT2D eigenvalue weighted by atomic mass is 10.3. The van der Waals surface area contributed by atoms with E-state index in [9.17, 15) is 13.6 Å². The third kappa shape index (κ3) is 3.68. The van der Waals surface area contributed by atoms with Gasteiger partial charge in [-0.2, -0.15) is 5.10 Å². The summed E-state index contributed by atoms with van der Waals surface area (Å²) in [6.07, 6.45) is -2.77. The minimum atomic E-state index is -2.77. The van der Waals surface area contributed by atoms with E-state index < -0.39 is 18.0 Å². The number of aryl methyl sites for hydroxylation is 2. The van der Waals surface area contributed by atoms with Gasteiger partial charge in [-0.1, -0.05) is 18.2 Å². The maximum absolute atomic E-state index is 12.9. The molecule has 1 amide bonds.